The number of anilines is 1. The third-order valence-electron chi connectivity index (χ3n) is 4.32. The van der Waals surface area contributed by atoms with Crippen molar-refractivity contribution in [2.45, 2.75) is 12.5 Å². The lowest BCUT2D eigenvalue weighted by Gasteiger charge is -2.42. The number of nitrogens with zero attached hydrogens (tertiary/aromatic N) is 4. The van der Waals surface area contributed by atoms with Gasteiger partial charge in [-0.25, -0.2) is 8.42 Å². The molecule has 134 valence electrons. The normalized spacial score (nSPS) is 26.8. The molecule has 1 atom stereocenters. The van der Waals surface area contributed by atoms with Crippen LogP contribution in [0.3, 0.4) is 0 Å². The lowest BCUT2D eigenvalue weighted by molar-refractivity contribution is -0.145. The Balaban J connectivity index is 1.86. The fourth-order valence-corrected chi connectivity index (χ4v) is 4.12. The minimum Gasteiger partial charge on any atom is -0.377 e. The van der Waals surface area contributed by atoms with Crippen LogP contribution >= 0.6 is 0 Å². The van der Waals surface area contributed by atoms with Gasteiger partial charge in [-0.15, -0.1) is 0 Å². The molecule has 10 heteroatoms. The highest BCUT2D eigenvalue weighted by atomic mass is 32.2. The number of carbonyl (C=O) groups excluding carboxylic acids is 1. The predicted molar refractivity (Wildman–Crippen MR) is 86.1 cm³/mol. The van der Waals surface area contributed by atoms with Gasteiger partial charge in [-0.3, -0.25) is 9.48 Å². The summed E-state index contributed by atoms with van der Waals surface area (Å²) in [4.78, 5) is 13.8. The van der Waals surface area contributed by atoms with Crippen LogP contribution in [0.25, 0.3) is 0 Å². The lowest BCUT2D eigenvalue weighted by atomic mass is 10.0. The summed E-state index contributed by atoms with van der Waals surface area (Å²) >= 11 is 0. The van der Waals surface area contributed by atoms with Crippen molar-refractivity contribution < 1.29 is 22.7 Å². The molecule has 0 aromatic carbocycles. The Hall–Kier alpha value is -1.49. The van der Waals surface area contributed by atoms with E-state index in [1.807, 2.05) is 0 Å². The van der Waals surface area contributed by atoms with Gasteiger partial charge in [0.05, 0.1) is 37.4 Å². The lowest BCUT2D eigenvalue weighted by Crippen LogP contribution is -2.61. The van der Waals surface area contributed by atoms with Gasteiger partial charge in [0.1, 0.15) is 12.2 Å². The van der Waals surface area contributed by atoms with E-state index in [4.69, 9.17) is 9.47 Å². The van der Waals surface area contributed by atoms with Crippen molar-refractivity contribution in [1.29, 1.82) is 0 Å². The molecule has 3 rings (SSSR count). The molecule has 0 saturated carbocycles. The van der Waals surface area contributed by atoms with Crippen LogP contribution in [0.15, 0.2) is 12.4 Å². The van der Waals surface area contributed by atoms with E-state index in [1.54, 1.807) is 35.9 Å². The Kier molecular flexibility index (Phi) is 4.65. The summed E-state index contributed by atoms with van der Waals surface area (Å²) in [5.74, 6) is -0.156. The molecule has 2 fully saturated rings. The Morgan fingerprint density at radius 3 is 2.83 bits per heavy atom. The van der Waals surface area contributed by atoms with Crippen LogP contribution in [0, 0.1) is 0 Å². The van der Waals surface area contributed by atoms with Crippen LogP contribution in [-0.4, -0.2) is 79.2 Å². The van der Waals surface area contributed by atoms with E-state index in [0.29, 0.717) is 18.8 Å². The molecule has 1 aromatic heterocycles. The Labute approximate surface area is 141 Å². The van der Waals surface area contributed by atoms with E-state index >= 15 is 0 Å². The first-order valence-corrected chi connectivity index (χ1v) is 9.45. The minimum absolute atomic E-state index is 0.0222. The zero-order valence-corrected chi connectivity index (χ0v) is 14.7. The molecule has 0 unspecified atom stereocenters. The molecule has 0 radical (unpaired) electrons. The molecule has 2 saturated heterocycles. The highest BCUT2D eigenvalue weighted by molar-refractivity contribution is 7.89. The van der Waals surface area contributed by atoms with Crippen LogP contribution in [0.5, 0.6) is 0 Å². The summed E-state index contributed by atoms with van der Waals surface area (Å²) in [5, 5.41) is 4.09. The number of carbonyl (C=O) groups is 1. The summed E-state index contributed by atoms with van der Waals surface area (Å²) in [6.07, 6.45) is 3.35. The van der Waals surface area contributed by atoms with Crippen molar-refractivity contribution in [3.63, 3.8) is 0 Å². The quantitative estimate of drug-likeness (QED) is 0.702. The Morgan fingerprint density at radius 1 is 1.38 bits per heavy atom. The second-order valence-electron chi connectivity index (χ2n) is 6.11. The molecule has 9 nitrogen and oxygen atoms in total. The SMILES string of the molecule is CCS(=O)(=O)N1CCOC[C@]2(CN(c3cnn(C)c3)C(=O)CO2)C1. The van der Waals surface area contributed by atoms with Crippen LogP contribution in [0.1, 0.15) is 6.92 Å². The molecule has 0 bridgehead atoms. The molecular weight excluding hydrogens is 336 g/mol. The summed E-state index contributed by atoms with van der Waals surface area (Å²) in [6.45, 7) is 2.75. The summed E-state index contributed by atoms with van der Waals surface area (Å²) in [7, 11) is -1.59. The van der Waals surface area contributed by atoms with Crippen LogP contribution < -0.4 is 4.90 Å². The molecule has 24 heavy (non-hydrogen) atoms. The highest BCUT2D eigenvalue weighted by Gasteiger charge is 2.45. The number of amides is 1. The fraction of sp³-hybridized carbons (Fsp3) is 0.714. The molecule has 0 N–H and O–H groups in total. The monoisotopic (exact) mass is 358 g/mol. The van der Waals surface area contributed by atoms with Gasteiger partial charge in [-0.1, -0.05) is 0 Å². The standard InChI is InChI=1S/C14H22N4O5S/c1-3-24(20,21)17-4-5-22-11-14(9-17)10-18(13(19)8-23-14)12-6-15-16(2)7-12/h6-7H,3-5,8-11H2,1-2H3/t14-/m1/s1. The van der Waals surface area contributed by atoms with Gasteiger partial charge in [-0.2, -0.15) is 9.40 Å². The first-order valence-electron chi connectivity index (χ1n) is 7.84. The molecule has 2 aliphatic rings. The van der Waals surface area contributed by atoms with E-state index in [0.717, 1.165) is 0 Å². The number of sulfonamides is 1. The molecule has 0 aliphatic carbocycles. The molecule has 3 heterocycles. The van der Waals surface area contributed by atoms with Gasteiger partial charge in [0.2, 0.25) is 10.0 Å². The van der Waals surface area contributed by atoms with Crippen molar-refractivity contribution >= 4 is 21.6 Å². The van der Waals surface area contributed by atoms with E-state index in [-0.39, 0.29) is 38.0 Å². The fourth-order valence-electron chi connectivity index (χ4n) is 2.97. The van der Waals surface area contributed by atoms with Gasteiger partial charge in [-0.05, 0) is 6.92 Å². The number of aromatic nitrogens is 2. The molecular formula is C14H22N4O5S. The Bertz CT molecular complexity index is 719. The van der Waals surface area contributed by atoms with Crippen molar-refractivity contribution in [2.24, 2.45) is 7.05 Å². The summed E-state index contributed by atoms with van der Waals surface area (Å²) in [5.41, 5.74) is -0.206. The van der Waals surface area contributed by atoms with E-state index < -0.39 is 15.6 Å². The number of hydrogen-bond acceptors (Lipinski definition) is 6. The third kappa shape index (κ3) is 3.32. The summed E-state index contributed by atoms with van der Waals surface area (Å²) in [6, 6.07) is 0. The van der Waals surface area contributed by atoms with Gasteiger partial charge >= 0.3 is 0 Å². The number of rotatable bonds is 3. The van der Waals surface area contributed by atoms with Gasteiger partial charge < -0.3 is 14.4 Å². The maximum Gasteiger partial charge on any atom is 0.253 e. The maximum atomic E-state index is 12.3. The van der Waals surface area contributed by atoms with E-state index in [9.17, 15) is 13.2 Å². The Morgan fingerprint density at radius 2 is 2.17 bits per heavy atom. The average Bonchev–Trinajstić information content (AvgIpc) is 2.87. The van der Waals surface area contributed by atoms with Crippen molar-refractivity contribution in [3.05, 3.63) is 12.4 Å². The zero-order chi connectivity index (χ0) is 17.4. The highest BCUT2D eigenvalue weighted by Crippen LogP contribution is 2.27. The first-order chi connectivity index (χ1) is 11.4. The first kappa shape index (κ1) is 17.3. The average molecular weight is 358 g/mol. The molecule has 1 amide bonds. The van der Waals surface area contributed by atoms with Crippen molar-refractivity contribution in [3.8, 4) is 0 Å². The third-order valence-corrected chi connectivity index (χ3v) is 6.15. The number of aryl methyl sites for hydroxylation is 1. The van der Waals surface area contributed by atoms with Crippen LogP contribution in [0.4, 0.5) is 5.69 Å². The van der Waals surface area contributed by atoms with Crippen molar-refractivity contribution in [2.75, 3.05) is 50.1 Å². The largest absolute Gasteiger partial charge is 0.377 e. The topological polar surface area (TPSA) is 94.0 Å². The van der Waals surface area contributed by atoms with Crippen LogP contribution in [0.2, 0.25) is 0 Å². The van der Waals surface area contributed by atoms with Crippen molar-refractivity contribution in [1.82, 2.24) is 14.1 Å². The molecule has 2 aliphatic heterocycles. The second-order valence-corrected chi connectivity index (χ2v) is 8.37. The smallest absolute Gasteiger partial charge is 0.253 e. The van der Waals surface area contributed by atoms with Gasteiger partial charge in [0, 0.05) is 26.3 Å². The maximum absolute atomic E-state index is 12.3. The zero-order valence-electron chi connectivity index (χ0n) is 13.8. The van der Waals surface area contributed by atoms with Crippen LogP contribution in [-0.2, 0) is 31.3 Å². The predicted octanol–water partition coefficient (Wildman–Crippen LogP) is -0.796. The minimum atomic E-state index is -3.36. The second kappa shape index (κ2) is 6.43. The number of morpholine rings is 1. The summed E-state index contributed by atoms with van der Waals surface area (Å²) < 4.78 is 38.9. The van der Waals surface area contributed by atoms with Gasteiger partial charge in [0.25, 0.3) is 5.91 Å². The number of hydrogen-bond donors (Lipinski definition) is 0. The van der Waals surface area contributed by atoms with E-state index in [1.165, 1.54) is 4.31 Å². The van der Waals surface area contributed by atoms with Gasteiger partial charge in [0.15, 0.2) is 0 Å². The molecule has 1 aromatic rings. The molecule has 1 spiro atoms. The number of ether oxygens (including phenoxy) is 2. The van der Waals surface area contributed by atoms with E-state index in [2.05, 4.69) is 5.10 Å².